The number of benzene rings is 1. The van der Waals surface area contributed by atoms with Crippen molar-refractivity contribution in [3.05, 3.63) is 35.9 Å². The van der Waals surface area contributed by atoms with E-state index in [-0.39, 0.29) is 0 Å². The van der Waals surface area contributed by atoms with Crippen molar-refractivity contribution >= 4 is 0 Å². The Bertz CT molecular complexity index is 316. The van der Waals surface area contributed by atoms with E-state index in [4.69, 9.17) is 4.74 Å². The van der Waals surface area contributed by atoms with Crippen LogP contribution in [0.1, 0.15) is 25.3 Å². The maximum absolute atomic E-state index is 9.77. The lowest BCUT2D eigenvalue weighted by Gasteiger charge is -2.24. The number of nitrogens with zero attached hydrogens (tertiary/aromatic N) is 1. The molecule has 0 aliphatic heterocycles. The zero-order chi connectivity index (χ0) is 13.4. The molecule has 3 nitrogen and oxygen atoms in total. The van der Waals surface area contributed by atoms with Crippen LogP contribution in [-0.2, 0) is 4.74 Å². The molecule has 1 aromatic carbocycles. The topological polar surface area (TPSA) is 32.7 Å². The lowest BCUT2D eigenvalue weighted by atomic mass is 10.0. The number of rotatable bonds is 8. The summed E-state index contributed by atoms with van der Waals surface area (Å²) in [6.07, 6.45) is -0.405. The molecule has 0 aliphatic rings. The van der Waals surface area contributed by atoms with Crippen LogP contribution in [0.3, 0.4) is 0 Å². The molecule has 1 rings (SSSR count). The number of aliphatic hydroxyl groups is 1. The molecule has 18 heavy (non-hydrogen) atoms. The van der Waals surface area contributed by atoms with E-state index in [1.165, 1.54) is 5.56 Å². The molecule has 0 aliphatic carbocycles. The third-order valence-electron chi connectivity index (χ3n) is 2.99. The van der Waals surface area contributed by atoms with Crippen LogP contribution in [0.5, 0.6) is 0 Å². The van der Waals surface area contributed by atoms with E-state index in [1.807, 2.05) is 20.0 Å². The number of hydrogen-bond acceptors (Lipinski definition) is 3. The Kier molecular flexibility index (Phi) is 6.94. The molecule has 102 valence electrons. The van der Waals surface area contributed by atoms with Gasteiger partial charge in [0.05, 0.1) is 12.7 Å². The smallest absolute Gasteiger partial charge is 0.0900 e. The van der Waals surface area contributed by atoms with Gasteiger partial charge in [-0.05, 0) is 25.5 Å². The van der Waals surface area contributed by atoms with Gasteiger partial charge in [-0.15, -0.1) is 0 Å². The second-order valence-electron chi connectivity index (χ2n) is 4.85. The molecule has 0 saturated carbocycles. The van der Waals surface area contributed by atoms with Gasteiger partial charge in [0.1, 0.15) is 0 Å². The molecular weight excluding hydrogens is 226 g/mol. The normalized spacial score (nSPS) is 14.7. The molecule has 0 aromatic heterocycles. The molecule has 0 saturated heterocycles. The molecule has 0 spiro atoms. The van der Waals surface area contributed by atoms with Crippen LogP contribution >= 0.6 is 0 Å². The maximum Gasteiger partial charge on any atom is 0.0900 e. The van der Waals surface area contributed by atoms with Gasteiger partial charge < -0.3 is 14.7 Å². The Balaban J connectivity index is 2.33. The highest BCUT2D eigenvalue weighted by molar-refractivity contribution is 5.18. The van der Waals surface area contributed by atoms with Gasteiger partial charge in [0.2, 0.25) is 0 Å². The average molecular weight is 251 g/mol. The van der Waals surface area contributed by atoms with E-state index in [1.54, 1.807) is 0 Å². The zero-order valence-electron chi connectivity index (χ0n) is 11.7. The van der Waals surface area contributed by atoms with Gasteiger partial charge in [-0.2, -0.15) is 0 Å². The molecule has 0 bridgehead atoms. The van der Waals surface area contributed by atoms with E-state index in [0.29, 0.717) is 25.7 Å². The first-order chi connectivity index (χ1) is 8.63. The minimum absolute atomic E-state index is 0.405. The fourth-order valence-corrected chi connectivity index (χ4v) is 2.10. The first-order valence-corrected chi connectivity index (χ1v) is 6.62. The van der Waals surface area contributed by atoms with Crippen molar-refractivity contribution in [2.45, 2.75) is 25.9 Å². The summed E-state index contributed by atoms with van der Waals surface area (Å²) in [5.41, 5.74) is 1.34. The first-order valence-electron chi connectivity index (χ1n) is 6.62. The molecule has 0 radical (unpaired) electrons. The van der Waals surface area contributed by atoms with E-state index in [2.05, 4.69) is 36.1 Å². The van der Waals surface area contributed by atoms with Crippen molar-refractivity contribution in [3.8, 4) is 0 Å². The van der Waals surface area contributed by atoms with Crippen LogP contribution in [0.15, 0.2) is 30.3 Å². The fraction of sp³-hybridized carbons (Fsp3) is 0.600. The molecule has 1 aromatic rings. The summed E-state index contributed by atoms with van der Waals surface area (Å²) in [6.45, 7) is 6.81. The van der Waals surface area contributed by atoms with Gasteiger partial charge in [-0.1, -0.05) is 37.3 Å². The Hall–Kier alpha value is -0.900. The summed E-state index contributed by atoms with van der Waals surface area (Å²) in [6, 6.07) is 10.5. The predicted molar refractivity (Wildman–Crippen MR) is 74.9 cm³/mol. The Morgan fingerprint density at radius 1 is 1.22 bits per heavy atom. The summed E-state index contributed by atoms with van der Waals surface area (Å²) in [7, 11) is 2.04. The zero-order valence-corrected chi connectivity index (χ0v) is 11.7. The number of likely N-dealkylation sites (N-methyl/N-ethyl adjacent to an activating group) is 1. The lowest BCUT2D eigenvalue weighted by molar-refractivity contribution is 0.0249. The minimum atomic E-state index is -0.405. The van der Waals surface area contributed by atoms with Gasteiger partial charge in [0.15, 0.2) is 0 Å². The molecule has 0 amide bonds. The third kappa shape index (κ3) is 5.63. The number of aliphatic hydroxyl groups excluding tert-OH is 1. The van der Waals surface area contributed by atoms with Crippen molar-refractivity contribution in [3.63, 3.8) is 0 Å². The molecule has 1 N–H and O–H groups in total. The Morgan fingerprint density at radius 2 is 1.89 bits per heavy atom. The van der Waals surface area contributed by atoms with Crippen LogP contribution in [0.25, 0.3) is 0 Å². The largest absolute Gasteiger partial charge is 0.389 e. The van der Waals surface area contributed by atoms with Crippen LogP contribution < -0.4 is 0 Å². The molecular formula is C15H25NO2. The minimum Gasteiger partial charge on any atom is -0.389 e. The average Bonchev–Trinajstić information content (AvgIpc) is 2.37. The Labute approximate surface area is 110 Å². The number of hydrogen-bond donors (Lipinski definition) is 1. The van der Waals surface area contributed by atoms with Crippen LogP contribution in [0, 0.1) is 0 Å². The highest BCUT2D eigenvalue weighted by atomic mass is 16.5. The van der Waals surface area contributed by atoms with Gasteiger partial charge in [-0.25, -0.2) is 0 Å². The van der Waals surface area contributed by atoms with Crippen molar-refractivity contribution in [1.29, 1.82) is 0 Å². The second kappa shape index (κ2) is 8.25. The summed E-state index contributed by atoms with van der Waals surface area (Å²) in [5, 5.41) is 9.77. The molecule has 0 fully saturated rings. The van der Waals surface area contributed by atoms with E-state index in [9.17, 15) is 5.11 Å². The summed E-state index contributed by atoms with van der Waals surface area (Å²) in [5.74, 6) is 0.468. The van der Waals surface area contributed by atoms with Crippen LogP contribution in [-0.4, -0.2) is 49.5 Å². The molecule has 2 atom stereocenters. The van der Waals surface area contributed by atoms with E-state index in [0.717, 1.165) is 6.54 Å². The van der Waals surface area contributed by atoms with Gasteiger partial charge in [0, 0.05) is 19.7 Å². The second-order valence-corrected chi connectivity index (χ2v) is 4.85. The first kappa shape index (κ1) is 15.2. The van der Waals surface area contributed by atoms with Crippen LogP contribution in [0.2, 0.25) is 0 Å². The Morgan fingerprint density at radius 3 is 2.50 bits per heavy atom. The molecule has 0 unspecified atom stereocenters. The standard InChI is InChI=1S/C15H25NO2/c1-4-18-12-15(17)11-16(3)10-13(2)14-8-6-5-7-9-14/h5-9,13,15,17H,4,10-12H2,1-3H3/t13-,15+/m0/s1. The highest BCUT2D eigenvalue weighted by Gasteiger charge is 2.12. The quantitative estimate of drug-likeness (QED) is 0.768. The SMILES string of the molecule is CCOC[C@H](O)CN(C)C[C@H](C)c1ccccc1. The van der Waals surface area contributed by atoms with Crippen LogP contribution in [0.4, 0.5) is 0 Å². The van der Waals surface area contributed by atoms with E-state index >= 15 is 0 Å². The van der Waals surface area contributed by atoms with E-state index < -0.39 is 6.10 Å². The van der Waals surface area contributed by atoms with Gasteiger partial charge >= 0.3 is 0 Å². The summed E-state index contributed by atoms with van der Waals surface area (Å²) in [4.78, 5) is 2.15. The summed E-state index contributed by atoms with van der Waals surface area (Å²) >= 11 is 0. The van der Waals surface area contributed by atoms with Crippen molar-refractivity contribution in [2.24, 2.45) is 0 Å². The monoisotopic (exact) mass is 251 g/mol. The maximum atomic E-state index is 9.77. The van der Waals surface area contributed by atoms with Crippen molar-refractivity contribution < 1.29 is 9.84 Å². The highest BCUT2D eigenvalue weighted by Crippen LogP contribution is 2.15. The third-order valence-corrected chi connectivity index (χ3v) is 2.99. The van der Waals surface area contributed by atoms with Crippen molar-refractivity contribution in [1.82, 2.24) is 4.90 Å². The fourth-order valence-electron chi connectivity index (χ4n) is 2.10. The van der Waals surface area contributed by atoms with Gasteiger partial charge in [-0.3, -0.25) is 0 Å². The molecule has 3 heteroatoms. The number of ether oxygens (including phenoxy) is 1. The predicted octanol–water partition coefficient (Wildman–Crippen LogP) is 2.12. The molecule has 0 heterocycles. The summed E-state index contributed by atoms with van der Waals surface area (Å²) < 4.78 is 5.21. The lowest BCUT2D eigenvalue weighted by Crippen LogP contribution is -2.34. The van der Waals surface area contributed by atoms with Gasteiger partial charge in [0.25, 0.3) is 0 Å². The van der Waals surface area contributed by atoms with Crippen molar-refractivity contribution in [2.75, 3.05) is 33.4 Å².